The quantitative estimate of drug-likeness (QED) is 0.462. The number of aromatic nitrogens is 3. The average Bonchev–Trinajstić information content (AvgIpc) is 3.44. The van der Waals surface area contributed by atoms with E-state index in [2.05, 4.69) is 19.4 Å². The molecule has 31 heavy (non-hydrogen) atoms. The molecule has 0 spiro atoms. The fourth-order valence-corrected chi connectivity index (χ4v) is 6.19. The van der Waals surface area contributed by atoms with Gasteiger partial charge in [0.2, 0.25) is 15.9 Å². The van der Waals surface area contributed by atoms with Gasteiger partial charge in [-0.3, -0.25) is 4.79 Å². The number of nitrogens with zero attached hydrogens (tertiary/aromatic N) is 5. The van der Waals surface area contributed by atoms with Crippen LogP contribution >= 0.6 is 11.7 Å². The number of aryl methyl sites for hydroxylation is 1. The van der Waals surface area contributed by atoms with Crippen LogP contribution in [0.3, 0.4) is 0 Å². The third kappa shape index (κ3) is 3.71. The zero-order chi connectivity index (χ0) is 21.4. The number of hydrogen-bond donors (Lipinski definition) is 0. The number of para-hydroxylation sites is 1. The highest BCUT2D eigenvalue weighted by molar-refractivity contribution is 7.89. The van der Waals surface area contributed by atoms with Gasteiger partial charge in [-0.1, -0.05) is 24.3 Å². The lowest BCUT2D eigenvalue weighted by Crippen LogP contribution is -2.50. The molecule has 8 nitrogen and oxygen atoms in total. The molecule has 10 heteroatoms. The molecular formula is C21H21N5O3S2. The molecule has 1 aliphatic heterocycles. The molecular weight excluding hydrogens is 434 g/mol. The molecule has 160 valence electrons. The summed E-state index contributed by atoms with van der Waals surface area (Å²) in [5.74, 6) is 0.0423. The van der Waals surface area contributed by atoms with Crippen LogP contribution in [0.5, 0.6) is 0 Å². The van der Waals surface area contributed by atoms with Gasteiger partial charge in [0.15, 0.2) is 0 Å². The second-order valence-electron chi connectivity index (χ2n) is 7.49. The van der Waals surface area contributed by atoms with E-state index in [1.165, 1.54) is 4.31 Å². The van der Waals surface area contributed by atoms with Crippen molar-refractivity contribution in [2.24, 2.45) is 0 Å². The Balaban J connectivity index is 1.23. The predicted octanol–water partition coefficient (Wildman–Crippen LogP) is 2.57. The van der Waals surface area contributed by atoms with E-state index >= 15 is 0 Å². The summed E-state index contributed by atoms with van der Waals surface area (Å²) < 4.78 is 38.1. The number of benzene rings is 2. The van der Waals surface area contributed by atoms with Gasteiger partial charge in [0.05, 0.1) is 11.7 Å². The second kappa shape index (κ2) is 8.03. The maximum atomic E-state index is 13.1. The van der Waals surface area contributed by atoms with Crippen LogP contribution in [0.1, 0.15) is 6.42 Å². The molecule has 2 aromatic heterocycles. The van der Waals surface area contributed by atoms with E-state index in [9.17, 15) is 13.2 Å². The molecule has 3 heterocycles. The number of piperazine rings is 1. The summed E-state index contributed by atoms with van der Waals surface area (Å²) in [4.78, 5) is 14.7. The van der Waals surface area contributed by atoms with E-state index in [0.29, 0.717) is 37.1 Å². The predicted molar refractivity (Wildman–Crippen MR) is 119 cm³/mol. The molecule has 0 radical (unpaired) electrons. The molecule has 1 amide bonds. The molecule has 0 atom stereocenters. The fraction of sp³-hybridized carbons (Fsp3) is 0.286. The largest absolute Gasteiger partial charge is 0.347 e. The van der Waals surface area contributed by atoms with Gasteiger partial charge in [-0.25, -0.2) is 8.42 Å². The minimum Gasteiger partial charge on any atom is -0.347 e. The molecule has 0 N–H and O–H groups in total. The molecule has 2 aromatic carbocycles. The zero-order valence-electron chi connectivity index (χ0n) is 16.7. The Kier molecular flexibility index (Phi) is 5.20. The van der Waals surface area contributed by atoms with Gasteiger partial charge in [-0.2, -0.15) is 13.1 Å². The summed E-state index contributed by atoms with van der Waals surface area (Å²) in [5.41, 5.74) is 2.10. The van der Waals surface area contributed by atoms with Crippen molar-refractivity contribution in [3.63, 3.8) is 0 Å². The monoisotopic (exact) mass is 455 g/mol. The highest BCUT2D eigenvalue weighted by Gasteiger charge is 2.31. The van der Waals surface area contributed by atoms with E-state index in [1.54, 1.807) is 23.1 Å². The summed E-state index contributed by atoms with van der Waals surface area (Å²) in [5, 5.41) is 1.15. The van der Waals surface area contributed by atoms with E-state index in [4.69, 9.17) is 0 Å². The van der Waals surface area contributed by atoms with Crippen LogP contribution < -0.4 is 0 Å². The summed E-state index contributed by atoms with van der Waals surface area (Å²) >= 11 is 1.00. The maximum Gasteiger partial charge on any atom is 0.245 e. The third-order valence-electron chi connectivity index (χ3n) is 5.70. The number of hydrogen-bond acceptors (Lipinski definition) is 6. The minimum atomic E-state index is -3.68. The molecule has 0 aliphatic carbocycles. The summed E-state index contributed by atoms with van der Waals surface area (Å²) in [6.45, 7) is 1.91. The maximum absolute atomic E-state index is 13.1. The third-order valence-corrected chi connectivity index (χ3v) is 8.18. The van der Waals surface area contributed by atoms with Crippen LogP contribution in [0.25, 0.3) is 21.9 Å². The zero-order valence-corrected chi connectivity index (χ0v) is 18.3. The van der Waals surface area contributed by atoms with Crippen molar-refractivity contribution in [2.75, 3.05) is 26.2 Å². The minimum absolute atomic E-state index is 0.0423. The standard InChI is InChI=1S/C21H21N5O3S2/c27-20(9-11-24-10-8-16-4-1-2-6-18(16)24)25-12-14-26(15-13-25)31(28,29)19-7-3-5-17-21(19)23-30-22-17/h1-8,10H,9,11-15H2. The second-order valence-corrected chi connectivity index (χ2v) is 9.93. The molecule has 4 aromatic rings. The Morgan fingerprint density at radius 3 is 2.61 bits per heavy atom. The fourth-order valence-electron chi connectivity index (χ4n) is 4.02. The Morgan fingerprint density at radius 1 is 0.968 bits per heavy atom. The van der Waals surface area contributed by atoms with Crippen molar-refractivity contribution >= 4 is 49.6 Å². The van der Waals surface area contributed by atoms with Gasteiger partial charge < -0.3 is 9.47 Å². The summed E-state index contributed by atoms with van der Waals surface area (Å²) in [6, 6.07) is 15.1. The molecule has 1 fully saturated rings. The van der Waals surface area contributed by atoms with E-state index < -0.39 is 10.0 Å². The Hall–Kier alpha value is -2.82. The number of rotatable bonds is 5. The van der Waals surface area contributed by atoms with Crippen molar-refractivity contribution in [1.29, 1.82) is 0 Å². The molecule has 1 saturated heterocycles. The van der Waals surface area contributed by atoms with Gasteiger partial charge in [0.1, 0.15) is 15.9 Å². The van der Waals surface area contributed by atoms with Crippen LogP contribution in [-0.2, 0) is 21.4 Å². The van der Waals surface area contributed by atoms with Gasteiger partial charge in [-0.05, 0) is 29.7 Å². The van der Waals surface area contributed by atoms with Crippen LogP contribution in [0.2, 0.25) is 0 Å². The van der Waals surface area contributed by atoms with Gasteiger partial charge >= 0.3 is 0 Å². The Bertz CT molecular complexity index is 1350. The Labute approximate surface area is 184 Å². The van der Waals surface area contributed by atoms with E-state index in [-0.39, 0.29) is 23.9 Å². The van der Waals surface area contributed by atoms with Crippen molar-refractivity contribution in [2.45, 2.75) is 17.9 Å². The first-order valence-electron chi connectivity index (χ1n) is 10.1. The topological polar surface area (TPSA) is 88.4 Å². The number of carbonyl (C=O) groups excluding carboxylic acids is 1. The van der Waals surface area contributed by atoms with Crippen molar-refractivity contribution < 1.29 is 13.2 Å². The first-order valence-corrected chi connectivity index (χ1v) is 12.2. The molecule has 1 aliphatic rings. The highest BCUT2D eigenvalue weighted by Crippen LogP contribution is 2.25. The smallest absolute Gasteiger partial charge is 0.245 e. The number of fused-ring (bicyclic) bond motifs is 2. The van der Waals surface area contributed by atoms with Gasteiger partial charge in [0.25, 0.3) is 0 Å². The molecule has 0 unspecified atom stereocenters. The van der Waals surface area contributed by atoms with Crippen LogP contribution in [-0.4, -0.2) is 63.0 Å². The number of carbonyl (C=O) groups is 1. The van der Waals surface area contributed by atoms with Crippen molar-refractivity contribution in [3.05, 3.63) is 54.7 Å². The lowest BCUT2D eigenvalue weighted by molar-refractivity contribution is -0.132. The van der Waals surface area contributed by atoms with E-state index in [0.717, 1.165) is 22.6 Å². The summed E-state index contributed by atoms with van der Waals surface area (Å²) in [6.07, 6.45) is 2.38. The van der Waals surface area contributed by atoms with E-state index in [1.807, 2.05) is 30.5 Å². The summed E-state index contributed by atoms with van der Waals surface area (Å²) in [7, 11) is -3.68. The SMILES string of the molecule is O=C(CCn1ccc2ccccc21)N1CCN(S(=O)(=O)c2cccc3nsnc23)CC1. The van der Waals surface area contributed by atoms with Crippen LogP contribution in [0, 0.1) is 0 Å². The lowest BCUT2D eigenvalue weighted by atomic mass is 10.2. The highest BCUT2D eigenvalue weighted by atomic mass is 32.2. The number of sulfonamides is 1. The lowest BCUT2D eigenvalue weighted by Gasteiger charge is -2.34. The van der Waals surface area contributed by atoms with Gasteiger partial charge in [-0.15, -0.1) is 0 Å². The van der Waals surface area contributed by atoms with Crippen molar-refractivity contribution in [3.8, 4) is 0 Å². The number of amides is 1. The normalized spacial score (nSPS) is 15.7. The van der Waals surface area contributed by atoms with Crippen molar-refractivity contribution in [1.82, 2.24) is 22.5 Å². The Morgan fingerprint density at radius 2 is 1.77 bits per heavy atom. The average molecular weight is 456 g/mol. The van der Waals surface area contributed by atoms with Crippen LogP contribution in [0.15, 0.2) is 59.6 Å². The van der Waals surface area contributed by atoms with Gasteiger partial charge in [0, 0.05) is 50.9 Å². The first kappa shape index (κ1) is 20.1. The molecule has 0 bridgehead atoms. The molecule has 5 rings (SSSR count). The van der Waals surface area contributed by atoms with Crippen LogP contribution in [0.4, 0.5) is 0 Å². The first-order chi connectivity index (χ1) is 15.0. The molecule has 0 saturated carbocycles.